The van der Waals surface area contributed by atoms with Crippen LogP contribution in [0.3, 0.4) is 0 Å². The number of hydrogen-bond donors (Lipinski definition) is 1. The molecule has 1 aromatic rings. The summed E-state index contributed by atoms with van der Waals surface area (Å²) >= 11 is 0. The van der Waals surface area contributed by atoms with Gasteiger partial charge in [0.1, 0.15) is 5.75 Å². The first-order valence-electron chi connectivity index (χ1n) is 6.50. The van der Waals surface area contributed by atoms with E-state index < -0.39 is 6.36 Å². The van der Waals surface area contributed by atoms with Gasteiger partial charge in [0.2, 0.25) is 0 Å². The highest BCUT2D eigenvalue weighted by atomic mass is 19.4. The third-order valence-corrected chi connectivity index (χ3v) is 3.41. The van der Waals surface area contributed by atoms with Gasteiger partial charge in [-0.3, -0.25) is 0 Å². The summed E-state index contributed by atoms with van der Waals surface area (Å²) in [4.78, 5) is 0. The van der Waals surface area contributed by atoms with Crippen LogP contribution in [0.1, 0.15) is 25.3 Å². The second kappa shape index (κ2) is 5.82. The van der Waals surface area contributed by atoms with E-state index in [0.717, 1.165) is 31.4 Å². The van der Waals surface area contributed by atoms with Gasteiger partial charge >= 0.3 is 6.36 Å². The normalized spacial score (nSPS) is 24.2. The van der Waals surface area contributed by atoms with E-state index in [1.165, 1.54) is 12.1 Å². The van der Waals surface area contributed by atoms with Crippen LogP contribution in [0.25, 0.3) is 0 Å². The molecule has 5 heteroatoms. The Balaban J connectivity index is 1.91. The van der Waals surface area contributed by atoms with Crippen LogP contribution >= 0.6 is 0 Å². The van der Waals surface area contributed by atoms with Crippen molar-refractivity contribution >= 4 is 0 Å². The molecule has 0 aromatic heterocycles. The predicted molar refractivity (Wildman–Crippen MR) is 67.0 cm³/mol. The number of ether oxygens (including phenoxy) is 1. The maximum absolute atomic E-state index is 12.0. The fraction of sp³-hybridized carbons (Fsp3) is 0.571. The monoisotopic (exact) mass is 273 g/mol. The molecule has 2 unspecified atom stereocenters. The molecule has 2 rings (SSSR count). The van der Waals surface area contributed by atoms with Crippen molar-refractivity contribution in [2.75, 3.05) is 6.54 Å². The highest BCUT2D eigenvalue weighted by Gasteiger charge is 2.31. The fourth-order valence-corrected chi connectivity index (χ4v) is 2.58. The summed E-state index contributed by atoms with van der Waals surface area (Å²) in [7, 11) is 0. The summed E-state index contributed by atoms with van der Waals surface area (Å²) < 4.78 is 39.9. The lowest BCUT2D eigenvalue weighted by Gasteiger charge is -2.28. The molecule has 1 fully saturated rings. The zero-order chi connectivity index (χ0) is 13.9. The zero-order valence-electron chi connectivity index (χ0n) is 10.8. The standard InChI is InChI=1S/C14H18F3NO/c1-10-8-12(6-7-18-10)9-11-2-4-13(5-3-11)19-14(15,16)17/h2-5,10,12,18H,6-9H2,1H3. The van der Waals surface area contributed by atoms with Crippen molar-refractivity contribution in [3.63, 3.8) is 0 Å². The molecule has 0 bridgehead atoms. The van der Waals surface area contributed by atoms with Gasteiger partial charge in [-0.25, -0.2) is 0 Å². The number of nitrogens with one attached hydrogen (secondary N) is 1. The van der Waals surface area contributed by atoms with E-state index in [1.807, 2.05) is 0 Å². The predicted octanol–water partition coefficient (Wildman–Crippen LogP) is 3.52. The van der Waals surface area contributed by atoms with Gasteiger partial charge in [-0.1, -0.05) is 12.1 Å². The molecule has 1 aliphatic heterocycles. The lowest BCUT2D eigenvalue weighted by atomic mass is 9.88. The molecule has 0 amide bonds. The van der Waals surface area contributed by atoms with Crippen molar-refractivity contribution in [1.82, 2.24) is 5.32 Å². The number of piperidine rings is 1. The van der Waals surface area contributed by atoms with Crippen molar-refractivity contribution in [3.05, 3.63) is 29.8 Å². The quantitative estimate of drug-likeness (QED) is 0.910. The van der Waals surface area contributed by atoms with Crippen molar-refractivity contribution in [3.8, 4) is 5.75 Å². The second-order valence-corrected chi connectivity index (χ2v) is 5.14. The Kier molecular flexibility index (Phi) is 4.34. The van der Waals surface area contributed by atoms with E-state index in [9.17, 15) is 13.2 Å². The smallest absolute Gasteiger partial charge is 0.406 e. The lowest BCUT2D eigenvalue weighted by Crippen LogP contribution is -2.36. The Hall–Kier alpha value is -1.23. The highest BCUT2D eigenvalue weighted by Crippen LogP contribution is 2.25. The molecule has 2 atom stereocenters. The van der Waals surface area contributed by atoms with E-state index in [0.29, 0.717) is 12.0 Å². The topological polar surface area (TPSA) is 21.3 Å². The fourth-order valence-electron chi connectivity index (χ4n) is 2.58. The van der Waals surface area contributed by atoms with E-state index in [2.05, 4.69) is 17.0 Å². The molecule has 1 heterocycles. The summed E-state index contributed by atoms with van der Waals surface area (Å²) in [6.07, 6.45) is -1.48. The molecule has 0 radical (unpaired) electrons. The van der Waals surface area contributed by atoms with Crippen molar-refractivity contribution in [1.29, 1.82) is 0 Å². The van der Waals surface area contributed by atoms with Crippen LogP contribution in [-0.4, -0.2) is 18.9 Å². The molecule has 1 aliphatic rings. The van der Waals surface area contributed by atoms with Crippen LogP contribution in [-0.2, 0) is 6.42 Å². The SMILES string of the molecule is CC1CC(Cc2ccc(OC(F)(F)F)cc2)CCN1. The molecule has 1 aromatic carbocycles. The lowest BCUT2D eigenvalue weighted by molar-refractivity contribution is -0.274. The Labute approximate surface area is 111 Å². The van der Waals surface area contributed by atoms with Gasteiger partial charge in [0, 0.05) is 6.04 Å². The number of halogens is 3. The van der Waals surface area contributed by atoms with Crippen LogP contribution in [0.15, 0.2) is 24.3 Å². The van der Waals surface area contributed by atoms with E-state index >= 15 is 0 Å². The van der Waals surface area contributed by atoms with Crippen LogP contribution in [0.4, 0.5) is 13.2 Å². The number of alkyl halides is 3. The highest BCUT2D eigenvalue weighted by molar-refractivity contribution is 5.27. The molecular weight excluding hydrogens is 255 g/mol. The molecule has 0 spiro atoms. The number of hydrogen-bond acceptors (Lipinski definition) is 2. The van der Waals surface area contributed by atoms with Gasteiger partial charge < -0.3 is 10.1 Å². The molecule has 0 aliphatic carbocycles. The second-order valence-electron chi connectivity index (χ2n) is 5.14. The van der Waals surface area contributed by atoms with Gasteiger partial charge in [0.05, 0.1) is 0 Å². The van der Waals surface area contributed by atoms with E-state index in [4.69, 9.17) is 0 Å². The van der Waals surface area contributed by atoms with Gasteiger partial charge in [-0.2, -0.15) is 0 Å². The number of rotatable bonds is 3. The van der Waals surface area contributed by atoms with Crippen molar-refractivity contribution in [2.24, 2.45) is 5.92 Å². The Morgan fingerprint density at radius 1 is 1.26 bits per heavy atom. The first kappa shape index (κ1) is 14.2. The van der Waals surface area contributed by atoms with Gasteiger partial charge in [-0.15, -0.1) is 13.2 Å². The zero-order valence-corrected chi connectivity index (χ0v) is 10.8. The Morgan fingerprint density at radius 3 is 2.53 bits per heavy atom. The van der Waals surface area contributed by atoms with E-state index in [1.54, 1.807) is 12.1 Å². The Bertz CT molecular complexity index is 402. The first-order chi connectivity index (χ1) is 8.92. The average Bonchev–Trinajstić information content (AvgIpc) is 2.30. The third kappa shape index (κ3) is 4.74. The number of benzene rings is 1. The average molecular weight is 273 g/mol. The van der Waals surface area contributed by atoms with Crippen LogP contribution < -0.4 is 10.1 Å². The molecule has 106 valence electrons. The van der Waals surface area contributed by atoms with E-state index in [-0.39, 0.29) is 5.75 Å². The minimum absolute atomic E-state index is 0.157. The summed E-state index contributed by atoms with van der Waals surface area (Å²) in [5, 5.41) is 3.39. The molecule has 2 nitrogen and oxygen atoms in total. The van der Waals surface area contributed by atoms with Crippen molar-refractivity contribution in [2.45, 2.75) is 38.6 Å². The molecule has 1 saturated heterocycles. The van der Waals surface area contributed by atoms with Crippen LogP contribution in [0.5, 0.6) is 5.75 Å². The van der Waals surface area contributed by atoms with Gasteiger partial charge in [0.15, 0.2) is 0 Å². The summed E-state index contributed by atoms with van der Waals surface area (Å²) in [6.45, 7) is 3.17. The maximum atomic E-state index is 12.0. The third-order valence-electron chi connectivity index (χ3n) is 3.41. The minimum atomic E-state index is -4.62. The largest absolute Gasteiger partial charge is 0.573 e. The van der Waals surface area contributed by atoms with Gasteiger partial charge in [0.25, 0.3) is 0 Å². The summed E-state index contributed by atoms with van der Waals surface area (Å²) in [6, 6.07) is 6.72. The molecular formula is C14H18F3NO. The minimum Gasteiger partial charge on any atom is -0.406 e. The van der Waals surface area contributed by atoms with Gasteiger partial charge in [-0.05, 0) is 56.3 Å². The summed E-state index contributed by atoms with van der Waals surface area (Å²) in [5.74, 6) is 0.445. The molecule has 1 N–H and O–H groups in total. The summed E-state index contributed by atoms with van der Waals surface area (Å²) in [5.41, 5.74) is 1.06. The van der Waals surface area contributed by atoms with Crippen LogP contribution in [0.2, 0.25) is 0 Å². The Morgan fingerprint density at radius 2 is 1.95 bits per heavy atom. The van der Waals surface area contributed by atoms with Crippen molar-refractivity contribution < 1.29 is 17.9 Å². The van der Waals surface area contributed by atoms with Crippen LogP contribution in [0, 0.1) is 5.92 Å². The molecule has 0 saturated carbocycles. The first-order valence-corrected chi connectivity index (χ1v) is 6.50. The molecule has 19 heavy (non-hydrogen) atoms. The maximum Gasteiger partial charge on any atom is 0.573 e.